The maximum absolute atomic E-state index is 14.1. The molecule has 314 valence electrons. The first-order chi connectivity index (χ1) is 26.6. The molecule has 0 aromatic carbocycles. The third kappa shape index (κ3) is 12.8. The van der Waals surface area contributed by atoms with Crippen molar-refractivity contribution in [2.75, 3.05) is 39.3 Å². The van der Waals surface area contributed by atoms with Gasteiger partial charge in [0.2, 0.25) is 41.4 Å². The van der Waals surface area contributed by atoms with Crippen LogP contribution in [-0.4, -0.2) is 160 Å². The highest BCUT2D eigenvalue weighted by atomic mass is 16.4. The summed E-state index contributed by atoms with van der Waals surface area (Å²) in [5.74, 6) is -5.46. The summed E-state index contributed by atoms with van der Waals surface area (Å²) in [5, 5.41) is 29.9. The highest BCUT2D eigenvalue weighted by molar-refractivity contribution is 5.97. The van der Waals surface area contributed by atoms with Crippen molar-refractivity contribution in [3.05, 3.63) is 0 Å². The molecule has 56 heavy (non-hydrogen) atoms. The monoisotopic (exact) mass is 793 g/mol. The van der Waals surface area contributed by atoms with Crippen molar-refractivity contribution >= 4 is 53.3 Å². The smallest absolute Gasteiger partial charge is 0.326 e. The molecular weight excluding hydrogens is 734 g/mol. The minimum atomic E-state index is -1.33. The average molecular weight is 794 g/mol. The lowest BCUT2D eigenvalue weighted by Gasteiger charge is -2.32. The number of hydrogen-bond donors (Lipinski definition) is 9. The average Bonchev–Trinajstić information content (AvgIpc) is 3.94. The molecule has 0 saturated carbocycles. The maximum atomic E-state index is 14.1. The van der Waals surface area contributed by atoms with Gasteiger partial charge in [-0.3, -0.25) is 38.6 Å². The molecule has 3 rings (SSSR count). The van der Waals surface area contributed by atoms with Gasteiger partial charge in [0, 0.05) is 33.1 Å². The molecule has 7 amide bonds. The van der Waals surface area contributed by atoms with E-state index in [0.717, 1.165) is 0 Å². The van der Waals surface area contributed by atoms with Crippen molar-refractivity contribution in [3.8, 4) is 0 Å². The Hall–Kier alpha value is -5.05. The molecule has 0 bridgehead atoms. The number of amides is 7. The molecule has 3 heterocycles. The van der Waals surface area contributed by atoms with Crippen LogP contribution in [0.3, 0.4) is 0 Å². The molecule has 3 fully saturated rings. The van der Waals surface area contributed by atoms with Gasteiger partial charge in [0.15, 0.2) is 5.96 Å². The van der Waals surface area contributed by atoms with Gasteiger partial charge in [0.1, 0.15) is 36.3 Å². The fraction of sp³-hybridized carbons (Fsp3) is 0.743. The van der Waals surface area contributed by atoms with E-state index in [9.17, 15) is 48.6 Å². The Bertz CT molecular complexity index is 1470. The molecule has 21 heteroatoms. The summed E-state index contributed by atoms with van der Waals surface area (Å²) in [6, 6.07) is -6.49. The number of aliphatic carboxylic acids is 1. The molecule has 12 N–H and O–H groups in total. The van der Waals surface area contributed by atoms with Crippen LogP contribution in [-0.2, 0) is 38.4 Å². The van der Waals surface area contributed by atoms with E-state index in [1.165, 1.54) is 28.5 Å². The molecule has 3 saturated heterocycles. The van der Waals surface area contributed by atoms with E-state index < -0.39 is 96.2 Å². The molecule has 0 radical (unpaired) electrons. The van der Waals surface area contributed by atoms with Crippen molar-refractivity contribution in [2.24, 2.45) is 22.2 Å². The van der Waals surface area contributed by atoms with Crippen LogP contribution in [0.5, 0.6) is 0 Å². The van der Waals surface area contributed by atoms with Crippen LogP contribution in [0.1, 0.15) is 84.5 Å². The second-order valence-corrected chi connectivity index (χ2v) is 14.5. The Kier molecular flexibility index (Phi) is 17.7. The van der Waals surface area contributed by atoms with E-state index in [-0.39, 0.29) is 57.8 Å². The largest absolute Gasteiger partial charge is 0.480 e. The number of guanidine groups is 1. The number of nitrogens with one attached hydrogen (secondary N) is 4. The fourth-order valence-electron chi connectivity index (χ4n) is 7.38. The Morgan fingerprint density at radius 1 is 0.750 bits per heavy atom. The number of nitrogens with zero attached hydrogens (tertiary/aromatic N) is 4. The summed E-state index contributed by atoms with van der Waals surface area (Å²) in [4.78, 5) is 112. The molecule has 0 aromatic heterocycles. The van der Waals surface area contributed by atoms with Crippen molar-refractivity contribution in [3.63, 3.8) is 0 Å². The number of likely N-dealkylation sites (tertiary alicyclic amines) is 3. The van der Waals surface area contributed by atoms with Crippen LogP contribution in [0.2, 0.25) is 0 Å². The van der Waals surface area contributed by atoms with Gasteiger partial charge in [-0.15, -0.1) is 0 Å². The summed E-state index contributed by atoms with van der Waals surface area (Å²) >= 11 is 0. The van der Waals surface area contributed by atoms with Gasteiger partial charge >= 0.3 is 5.97 Å². The minimum absolute atomic E-state index is 0.0819. The van der Waals surface area contributed by atoms with Gasteiger partial charge in [-0.2, -0.15) is 0 Å². The first-order valence-corrected chi connectivity index (χ1v) is 19.3. The summed E-state index contributed by atoms with van der Waals surface area (Å²) in [6.07, 6.45) is 2.61. The van der Waals surface area contributed by atoms with E-state index in [2.05, 4.69) is 26.3 Å². The Morgan fingerprint density at radius 3 is 1.82 bits per heavy atom. The van der Waals surface area contributed by atoms with Gasteiger partial charge in [-0.25, -0.2) is 4.79 Å². The molecule has 0 spiro atoms. The number of hydrogen-bond acceptors (Lipinski definition) is 11. The fourth-order valence-corrected chi connectivity index (χ4v) is 7.38. The normalized spacial score (nSPS) is 21.4. The van der Waals surface area contributed by atoms with Gasteiger partial charge in [-0.1, -0.05) is 0 Å². The first kappa shape index (κ1) is 45.3. The third-order valence-electron chi connectivity index (χ3n) is 10.2. The molecule has 0 aliphatic carbocycles. The van der Waals surface area contributed by atoms with E-state index in [4.69, 9.17) is 17.2 Å². The number of carboxylic acid groups (broad SMARTS) is 1. The second-order valence-electron chi connectivity index (χ2n) is 14.5. The lowest BCUT2D eigenvalue weighted by atomic mass is 10.0. The van der Waals surface area contributed by atoms with Crippen LogP contribution in [0.15, 0.2) is 4.99 Å². The molecule has 0 unspecified atom stereocenters. The number of aliphatic imine (C=N–C) groups is 1. The third-order valence-corrected chi connectivity index (χ3v) is 10.2. The maximum Gasteiger partial charge on any atom is 0.326 e. The summed E-state index contributed by atoms with van der Waals surface area (Å²) < 4.78 is 0. The van der Waals surface area contributed by atoms with Crippen LogP contribution < -0.4 is 38.5 Å². The lowest BCUT2D eigenvalue weighted by molar-refractivity contribution is -0.148. The number of nitrogens with two attached hydrogens (primary N) is 3. The lowest BCUT2D eigenvalue weighted by Crippen LogP contribution is -2.59. The van der Waals surface area contributed by atoms with Crippen LogP contribution >= 0.6 is 0 Å². The highest BCUT2D eigenvalue weighted by Crippen LogP contribution is 2.23. The summed E-state index contributed by atoms with van der Waals surface area (Å²) in [6.45, 7) is 3.21. The zero-order valence-electron chi connectivity index (χ0n) is 32.2. The molecule has 3 aliphatic heterocycles. The number of aliphatic hydroxyl groups excluding tert-OH is 1. The minimum Gasteiger partial charge on any atom is -0.480 e. The van der Waals surface area contributed by atoms with Crippen molar-refractivity contribution in [1.82, 2.24) is 36.0 Å². The van der Waals surface area contributed by atoms with Crippen LogP contribution in [0.25, 0.3) is 0 Å². The number of aliphatic hydroxyl groups is 1. The molecule has 3 aliphatic rings. The van der Waals surface area contributed by atoms with Gasteiger partial charge < -0.3 is 63.4 Å². The number of rotatable bonds is 20. The number of carbonyl (C=O) groups excluding carboxylic acids is 7. The number of carbonyl (C=O) groups is 8. The van der Waals surface area contributed by atoms with Crippen molar-refractivity contribution in [1.29, 1.82) is 0 Å². The quantitative estimate of drug-likeness (QED) is 0.0325. The van der Waals surface area contributed by atoms with E-state index in [1.54, 1.807) is 0 Å². The predicted octanol–water partition coefficient (Wildman–Crippen LogP) is -3.80. The Balaban J connectivity index is 1.76. The van der Waals surface area contributed by atoms with Gasteiger partial charge in [0.05, 0.1) is 12.6 Å². The van der Waals surface area contributed by atoms with Crippen molar-refractivity contribution in [2.45, 2.75) is 127 Å². The van der Waals surface area contributed by atoms with Crippen LogP contribution in [0.4, 0.5) is 0 Å². The molecule has 21 nitrogen and oxygen atoms in total. The standard InChI is InChI=1S/C35H59N11O10/c1-20(47)28(41-21(2)48)31(52)43-22(9-3-4-14-36)32(53)46-18-7-12-25(46)30(51)42-23(10-5-15-39-35(37)38)33(54)45-17-6-11-24(45)29(50)40-19-27(49)44-16-8-13-26(44)34(55)56/h20,22-26,28,47H,3-19,36H2,1-2H3,(H,40,50)(H,41,48)(H,42,51)(H,43,52)(H,55,56)(H4,37,38,39)/t20-,22+,23+,24+,25+,26+,28+/m1/s1. The van der Waals surface area contributed by atoms with Crippen LogP contribution in [0, 0.1) is 0 Å². The number of unbranched alkanes of at least 4 members (excludes halogenated alkanes) is 1. The summed E-state index contributed by atoms with van der Waals surface area (Å²) in [7, 11) is 0. The van der Waals surface area contributed by atoms with Gasteiger partial charge in [0.25, 0.3) is 0 Å². The molecule has 7 atom stereocenters. The van der Waals surface area contributed by atoms with E-state index >= 15 is 0 Å². The molecule has 0 aromatic rings. The summed E-state index contributed by atoms with van der Waals surface area (Å²) in [5.41, 5.74) is 16.6. The SMILES string of the molecule is CC(=O)N[C@H](C(=O)N[C@@H](CCCCN)C(=O)N1CCC[C@H]1C(=O)N[C@@H](CCCN=C(N)N)C(=O)N1CCC[C@H]1C(=O)NCC(=O)N1CCC[C@H]1C(=O)O)[C@@H](C)O. The number of carboxylic acids is 1. The van der Waals surface area contributed by atoms with Crippen molar-refractivity contribution < 1.29 is 48.6 Å². The van der Waals surface area contributed by atoms with E-state index in [0.29, 0.717) is 51.5 Å². The Morgan fingerprint density at radius 2 is 1.29 bits per heavy atom. The van der Waals surface area contributed by atoms with Gasteiger partial charge in [-0.05, 0) is 84.1 Å². The highest BCUT2D eigenvalue weighted by Gasteiger charge is 2.42. The zero-order chi connectivity index (χ0) is 41.5. The Labute approximate surface area is 325 Å². The predicted molar refractivity (Wildman–Crippen MR) is 201 cm³/mol. The van der Waals surface area contributed by atoms with E-state index in [1.807, 2.05) is 0 Å². The topological polar surface area (TPSA) is 325 Å². The first-order valence-electron chi connectivity index (χ1n) is 19.3. The zero-order valence-corrected chi connectivity index (χ0v) is 32.2. The molecular formula is C35H59N11O10. The second kappa shape index (κ2) is 21.9.